The summed E-state index contributed by atoms with van der Waals surface area (Å²) in [7, 11) is 0. The van der Waals surface area contributed by atoms with Crippen molar-refractivity contribution in [3.8, 4) is 5.69 Å². The minimum absolute atomic E-state index is 0.0188. The Bertz CT molecular complexity index is 1020. The fraction of sp³-hybridized carbons (Fsp3) is 0.577. The second-order valence-electron chi connectivity index (χ2n) is 10.7. The van der Waals surface area contributed by atoms with Crippen LogP contribution in [-0.4, -0.2) is 39.6 Å². The molecule has 0 radical (unpaired) electrons. The summed E-state index contributed by atoms with van der Waals surface area (Å²) in [6.45, 7) is 10.9. The van der Waals surface area contributed by atoms with Gasteiger partial charge in [-0.2, -0.15) is 5.10 Å². The number of benzene rings is 1. The van der Waals surface area contributed by atoms with Crippen molar-refractivity contribution in [3.05, 3.63) is 40.0 Å². The first-order chi connectivity index (χ1) is 16.0. The lowest BCUT2D eigenvalue weighted by molar-refractivity contribution is -0.139. The Labute approximate surface area is 213 Å². The summed E-state index contributed by atoms with van der Waals surface area (Å²) in [5, 5.41) is 8.58. The SMILES string of the molecule is CC(C)CN(CC(=O)Nc1cc(C(C)(C)C)nn1-c1ccc(Cl)c(Cl)c1)C(=O)C1CCCCC1. The third-order valence-corrected chi connectivity index (χ3v) is 6.82. The second kappa shape index (κ2) is 11.1. The standard InChI is InChI=1S/C26H36Cl2N4O2/c1-17(2)15-31(25(34)18-9-7-6-8-10-18)16-24(33)29-23-14-22(26(3,4)5)30-32(23)19-11-12-20(27)21(28)13-19/h11-14,17-18H,6-10,15-16H2,1-5H3,(H,29,33). The molecule has 1 saturated carbocycles. The normalized spacial score (nSPS) is 14.9. The molecule has 1 heterocycles. The molecule has 186 valence electrons. The van der Waals surface area contributed by atoms with Gasteiger partial charge in [-0.1, -0.05) is 77.1 Å². The highest BCUT2D eigenvalue weighted by molar-refractivity contribution is 6.42. The molecule has 1 aliphatic rings. The molecule has 0 saturated heterocycles. The average Bonchev–Trinajstić information content (AvgIpc) is 3.19. The maximum atomic E-state index is 13.2. The number of carbonyl (C=O) groups is 2. The number of aromatic nitrogens is 2. The highest BCUT2D eigenvalue weighted by Gasteiger charge is 2.28. The first-order valence-electron chi connectivity index (χ1n) is 12.1. The Morgan fingerprint density at radius 1 is 1.12 bits per heavy atom. The zero-order valence-electron chi connectivity index (χ0n) is 20.8. The lowest BCUT2D eigenvalue weighted by Crippen LogP contribution is -2.43. The second-order valence-corrected chi connectivity index (χ2v) is 11.5. The average molecular weight is 508 g/mol. The molecular formula is C26H36Cl2N4O2. The summed E-state index contributed by atoms with van der Waals surface area (Å²) < 4.78 is 1.66. The van der Waals surface area contributed by atoms with Crippen LogP contribution in [0.4, 0.5) is 5.82 Å². The summed E-state index contributed by atoms with van der Waals surface area (Å²) in [5.41, 5.74) is 1.30. The predicted molar refractivity (Wildman–Crippen MR) is 139 cm³/mol. The van der Waals surface area contributed by atoms with E-state index in [1.165, 1.54) is 6.42 Å². The minimum atomic E-state index is -0.244. The smallest absolute Gasteiger partial charge is 0.245 e. The van der Waals surface area contributed by atoms with Crippen molar-refractivity contribution in [2.75, 3.05) is 18.4 Å². The van der Waals surface area contributed by atoms with Crippen LogP contribution in [0.3, 0.4) is 0 Å². The van der Waals surface area contributed by atoms with E-state index >= 15 is 0 Å². The van der Waals surface area contributed by atoms with E-state index in [-0.39, 0.29) is 35.6 Å². The van der Waals surface area contributed by atoms with Gasteiger partial charge in [0.25, 0.3) is 0 Å². The first-order valence-corrected chi connectivity index (χ1v) is 12.9. The van der Waals surface area contributed by atoms with E-state index in [9.17, 15) is 9.59 Å². The summed E-state index contributed by atoms with van der Waals surface area (Å²) >= 11 is 12.3. The van der Waals surface area contributed by atoms with Crippen molar-refractivity contribution in [2.24, 2.45) is 11.8 Å². The van der Waals surface area contributed by atoms with Gasteiger partial charge in [0.2, 0.25) is 11.8 Å². The van der Waals surface area contributed by atoms with Crippen LogP contribution >= 0.6 is 23.2 Å². The van der Waals surface area contributed by atoms with Gasteiger partial charge in [0.15, 0.2) is 0 Å². The van der Waals surface area contributed by atoms with Gasteiger partial charge in [-0.25, -0.2) is 4.68 Å². The highest BCUT2D eigenvalue weighted by atomic mass is 35.5. The molecule has 0 atom stereocenters. The highest BCUT2D eigenvalue weighted by Crippen LogP contribution is 2.30. The fourth-order valence-electron chi connectivity index (χ4n) is 4.29. The van der Waals surface area contributed by atoms with Crippen molar-refractivity contribution < 1.29 is 9.59 Å². The molecule has 0 unspecified atom stereocenters. The lowest BCUT2D eigenvalue weighted by Gasteiger charge is -2.30. The van der Waals surface area contributed by atoms with Gasteiger partial charge in [-0.05, 0) is 37.0 Å². The third-order valence-electron chi connectivity index (χ3n) is 6.08. The van der Waals surface area contributed by atoms with Crippen molar-refractivity contribution in [1.82, 2.24) is 14.7 Å². The molecule has 2 amide bonds. The largest absolute Gasteiger partial charge is 0.333 e. The minimum Gasteiger partial charge on any atom is -0.333 e. The first kappa shape index (κ1) is 26.6. The van der Waals surface area contributed by atoms with E-state index in [1.807, 2.05) is 6.07 Å². The Balaban J connectivity index is 1.84. The summed E-state index contributed by atoms with van der Waals surface area (Å²) in [4.78, 5) is 28.1. The summed E-state index contributed by atoms with van der Waals surface area (Å²) in [6, 6.07) is 7.10. The van der Waals surface area contributed by atoms with Gasteiger partial charge in [0.05, 0.1) is 28.0 Å². The quantitative estimate of drug-likeness (QED) is 0.467. The molecule has 3 rings (SSSR count). The van der Waals surface area contributed by atoms with E-state index in [0.29, 0.717) is 28.1 Å². The van der Waals surface area contributed by atoms with Crippen molar-refractivity contribution in [2.45, 2.75) is 72.1 Å². The number of carbonyl (C=O) groups excluding carboxylic acids is 2. The maximum Gasteiger partial charge on any atom is 0.245 e. The number of hydrogen-bond acceptors (Lipinski definition) is 3. The number of halogens is 2. The molecule has 34 heavy (non-hydrogen) atoms. The van der Waals surface area contributed by atoms with Crippen LogP contribution in [-0.2, 0) is 15.0 Å². The topological polar surface area (TPSA) is 67.2 Å². The molecule has 1 aromatic carbocycles. The molecule has 8 heteroatoms. The molecule has 0 aliphatic heterocycles. The molecule has 6 nitrogen and oxygen atoms in total. The van der Waals surface area contributed by atoms with Crippen molar-refractivity contribution in [3.63, 3.8) is 0 Å². The Kier molecular flexibility index (Phi) is 8.69. The van der Waals surface area contributed by atoms with Crippen molar-refractivity contribution in [1.29, 1.82) is 0 Å². The van der Waals surface area contributed by atoms with E-state index in [1.54, 1.807) is 27.8 Å². The van der Waals surface area contributed by atoms with Gasteiger partial charge in [-0.3, -0.25) is 9.59 Å². The van der Waals surface area contributed by atoms with Gasteiger partial charge in [0, 0.05) is 23.9 Å². The van der Waals surface area contributed by atoms with E-state index in [2.05, 4.69) is 39.9 Å². The molecule has 2 aromatic rings. The molecule has 0 bridgehead atoms. The molecular weight excluding hydrogens is 471 g/mol. The molecule has 1 aromatic heterocycles. The Morgan fingerprint density at radius 3 is 2.38 bits per heavy atom. The van der Waals surface area contributed by atoms with Crippen LogP contribution in [0.25, 0.3) is 5.69 Å². The number of nitrogens with zero attached hydrogens (tertiary/aromatic N) is 3. The van der Waals surface area contributed by atoms with Gasteiger partial charge in [0.1, 0.15) is 5.82 Å². The number of amides is 2. The van der Waals surface area contributed by atoms with E-state index < -0.39 is 0 Å². The molecule has 1 aliphatic carbocycles. The number of hydrogen-bond donors (Lipinski definition) is 1. The van der Waals surface area contributed by atoms with Crippen LogP contribution in [0.15, 0.2) is 24.3 Å². The summed E-state index contributed by atoms with van der Waals surface area (Å²) in [5.74, 6) is 0.676. The van der Waals surface area contributed by atoms with E-state index in [4.69, 9.17) is 28.3 Å². The van der Waals surface area contributed by atoms with Gasteiger partial charge < -0.3 is 10.2 Å². The molecule has 0 spiro atoms. The Morgan fingerprint density at radius 2 is 1.79 bits per heavy atom. The lowest BCUT2D eigenvalue weighted by atomic mass is 9.88. The zero-order valence-corrected chi connectivity index (χ0v) is 22.3. The van der Waals surface area contributed by atoms with Crippen LogP contribution in [0.2, 0.25) is 10.0 Å². The summed E-state index contributed by atoms with van der Waals surface area (Å²) in [6.07, 6.45) is 5.17. The monoisotopic (exact) mass is 506 g/mol. The van der Waals surface area contributed by atoms with Crippen LogP contribution in [0, 0.1) is 11.8 Å². The van der Waals surface area contributed by atoms with Crippen LogP contribution in [0.5, 0.6) is 0 Å². The Hall–Kier alpha value is -2.05. The number of anilines is 1. The zero-order chi connectivity index (χ0) is 25.0. The predicted octanol–water partition coefficient (Wildman–Crippen LogP) is 6.48. The molecule has 1 N–H and O–H groups in total. The number of nitrogens with one attached hydrogen (secondary N) is 1. The van der Waals surface area contributed by atoms with E-state index in [0.717, 1.165) is 31.4 Å². The van der Waals surface area contributed by atoms with Crippen molar-refractivity contribution >= 4 is 40.8 Å². The number of rotatable bonds is 7. The van der Waals surface area contributed by atoms with Crippen LogP contribution < -0.4 is 5.32 Å². The fourth-order valence-corrected chi connectivity index (χ4v) is 4.58. The van der Waals surface area contributed by atoms with Gasteiger partial charge in [-0.15, -0.1) is 0 Å². The third kappa shape index (κ3) is 6.76. The molecule has 1 fully saturated rings. The van der Waals surface area contributed by atoms with Gasteiger partial charge >= 0.3 is 0 Å². The van der Waals surface area contributed by atoms with Crippen LogP contribution in [0.1, 0.15) is 72.4 Å². The maximum absolute atomic E-state index is 13.2.